The SMILES string of the molecule is C=Cn1cc(CNc2cc(-n3cnnn3)ccc2C)cn1. The van der Waals surface area contributed by atoms with Crippen molar-refractivity contribution in [3.63, 3.8) is 0 Å². The number of hydrogen-bond donors (Lipinski definition) is 1. The first-order chi connectivity index (χ1) is 10.3. The zero-order valence-electron chi connectivity index (χ0n) is 11.6. The van der Waals surface area contributed by atoms with E-state index in [1.807, 2.05) is 30.6 Å². The molecule has 0 aliphatic carbocycles. The van der Waals surface area contributed by atoms with Crippen molar-refractivity contribution in [2.24, 2.45) is 0 Å². The summed E-state index contributed by atoms with van der Waals surface area (Å²) in [4.78, 5) is 0. The van der Waals surface area contributed by atoms with Crippen molar-refractivity contribution in [3.8, 4) is 5.69 Å². The van der Waals surface area contributed by atoms with Crippen LogP contribution in [0, 0.1) is 6.92 Å². The van der Waals surface area contributed by atoms with Crippen LogP contribution < -0.4 is 5.32 Å². The third-order valence-electron chi connectivity index (χ3n) is 3.16. The zero-order valence-corrected chi connectivity index (χ0v) is 11.6. The van der Waals surface area contributed by atoms with Gasteiger partial charge in [-0.15, -0.1) is 5.10 Å². The molecule has 0 aliphatic heterocycles. The molecular formula is C14H15N7. The Hall–Kier alpha value is -2.96. The van der Waals surface area contributed by atoms with E-state index in [0.29, 0.717) is 6.54 Å². The van der Waals surface area contributed by atoms with Crippen LogP contribution >= 0.6 is 0 Å². The van der Waals surface area contributed by atoms with Gasteiger partial charge in [-0.2, -0.15) is 5.10 Å². The first-order valence-corrected chi connectivity index (χ1v) is 6.50. The summed E-state index contributed by atoms with van der Waals surface area (Å²) in [5.41, 5.74) is 4.19. The Morgan fingerprint density at radius 2 is 2.29 bits per heavy atom. The van der Waals surface area contributed by atoms with Crippen LogP contribution in [0.3, 0.4) is 0 Å². The Morgan fingerprint density at radius 3 is 3.00 bits per heavy atom. The normalized spacial score (nSPS) is 10.5. The molecule has 0 saturated carbocycles. The van der Waals surface area contributed by atoms with E-state index in [1.165, 1.54) is 0 Å². The summed E-state index contributed by atoms with van der Waals surface area (Å²) in [6, 6.07) is 6.03. The molecule has 0 spiro atoms. The Balaban J connectivity index is 1.78. The number of rotatable bonds is 5. The van der Waals surface area contributed by atoms with Crippen molar-refractivity contribution in [1.82, 2.24) is 30.0 Å². The lowest BCUT2D eigenvalue weighted by molar-refractivity contribution is 0.789. The molecule has 2 heterocycles. The van der Waals surface area contributed by atoms with E-state index >= 15 is 0 Å². The van der Waals surface area contributed by atoms with Gasteiger partial charge in [0.05, 0.1) is 11.9 Å². The average molecular weight is 281 g/mol. The number of benzene rings is 1. The van der Waals surface area contributed by atoms with E-state index in [-0.39, 0.29) is 0 Å². The predicted molar refractivity (Wildman–Crippen MR) is 79.8 cm³/mol. The fourth-order valence-electron chi connectivity index (χ4n) is 1.99. The van der Waals surface area contributed by atoms with Gasteiger partial charge < -0.3 is 5.32 Å². The first-order valence-electron chi connectivity index (χ1n) is 6.50. The number of nitrogens with zero attached hydrogens (tertiary/aromatic N) is 6. The smallest absolute Gasteiger partial charge is 0.143 e. The largest absolute Gasteiger partial charge is 0.381 e. The van der Waals surface area contributed by atoms with Crippen molar-refractivity contribution in [1.29, 1.82) is 0 Å². The number of aromatic nitrogens is 6. The quantitative estimate of drug-likeness (QED) is 0.773. The van der Waals surface area contributed by atoms with E-state index < -0.39 is 0 Å². The maximum absolute atomic E-state index is 4.16. The van der Waals surface area contributed by atoms with Crippen LogP contribution in [0.1, 0.15) is 11.1 Å². The van der Waals surface area contributed by atoms with Crippen molar-refractivity contribution in [2.75, 3.05) is 5.32 Å². The second kappa shape index (κ2) is 5.58. The number of hydrogen-bond acceptors (Lipinski definition) is 5. The Kier molecular flexibility index (Phi) is 3.46. The molecule has 106 valence electrons. The molecule has 1 aromatic carbocycles. The molecule has 7 heteroatoms. The van der Waals surface area contributed by atoms with Gasteiger partial charge in [-0.1, -0.05) is 12.6 Å². The van der Waals surface area contributed by atoms with Gasteiger partial charge in [0.15, 0.2) is 0 Å². The van der Waals surface area contributed by atoms with Crippen molar-refractivity contribution in [2.45, 2.75) is 13.5 Å². The minimum absolute atomic E-state index is 0.688. The fourth-order valence-corrected chi connectivity index (χ4v) is 1.99. The Labute approximate surface area is 121 Å². The van der Waals surface area contributed by atoms with Crippen LogP contribution in [0.4, 0.5) is 5.69 Å². The van der Waals surface area contributed by atoms with E-state index in [4.69, 9.17) is 0 Å². The number of tetrazole rings is 1. The van der Waals surface area contributed by atoms with Crippen LogP contribution in [-0.2, 0) is 6.54 Å². The summed E-state index contributed by atoms with van der Waals surface area (Å²) in [7, 11) is 0. The highest BCUT2D eigenvalue weighted by atomic mass is 15.5. The van der Waals surface area contributed by atoms with E-state index in [9.17, 15) is 0 Å². The minimum Gasteiger partial charge on any atom is -0.381 e. The molecule has 0 amide bonds. The lowest BCUT2D eigenvalue weighted by atomic mass is 10.1. The summed E-state index contributed by atoms with van der Waals surface area (Å²) < 4.78 is 3.31. The molecule has 7 nitrogen and oxygen atoms in total. The summed E-state index contributed by atoms with van der Waals surface area (Å²) >= 11 is 0. The number of nitrogens with one attached hydrogen (secondary N) is 1. The summed E-state index contributed by atoms with van der Waals surface area (Å²) in [6.45, 7) is 6.42. The third kappa shape index (κ3) is 2.81. The number of aryl methyl sites for hydroxylation is 1. The highest BCUT2D eigenvalue weighted by Crippen LogP contribution is 2.19. The molecular weight excluding hydrogens is 266 g/mol. The van der Waals surface area contributed by atoms with Gasteiger partial charge in [0.25, 0.3) is 0 Å². The van der Waals surface area contributed by atoms with Gasteiger partial charge in [0.1, 0.15) is 6.33 Å². The summed E-state index contributed by atoms with van der Waals surface area (Å²) in [6.07, 6.45) is 6.98. The maximum Gasteiger partial charge on any atom is 0.143 e. The van der Waals surface area contributed by atoms with Crippen LogP contribution in [0.2, 0.25) is 0 Å². The maximum atomic E-state index is 4.16. The van der Waals surface area contributed by atoms with E-state index in [2.05, 4.69) is 39.4 Å². The molecule has 0 fully saturated rings. The van der Waals surface area contributed by atoms with Gasteiger partial charge in [0.2, 0.25) is 0 Å². The van der Waals surface area contributed by atoms with Gasteiger partial charge in [0, 0.05) is 30.2 Å². The molecule has 0 aliphatic rings. The molecule has 3 aromatic rings. The summed E-state index contributed by atoms with van der Waals surface area (Å²) in [5, 5.41) is 18.7. The van der Waals surface area contributed by atoms with Crippen molar-refractivity contribution >= 4 is 11.9 Å². The van der Waals surface area contributed by atoms with Gasteiger partial charge in [-0.05, 0) is 35.0 Å². The van der Waals surface area contributed by atoms with Gasteiger partial charge in [-0.3, -0.25) is 0 Å². The first kappa shape index (κ1) is 13.0. The molecule has 0 bridgehead atoms. The molecule has 21 heavy (non-hydrogen) atoms. The molecule has 0 radical (unpaired) electrons. The van der Waals surface area contributed by atoms with Gasteiger partial charge >= 0.3 is 0 Å². The molecule has 0 saturated heterocycles. The second-order valence-corrected chi connectivity index (χ2v) is 4.62. The van der Waals surface area contributed by atoms with E-state index in [1.54, 1.807) is 21.9 Å². The van der Waals surface area contributed by atoms with E-state index in [0.717, 1.165) is 22.5 Å². The topological polar surface area (TPSA) is 73.5 Å². The van der Waals surface area contributed by atoms with Crippen LogP contribution in [-0.4, -0.2) is 30.0 Å². The Morgan fingerprint density at radius 1 is 1.38 bits per heavy atom. The van der Waals surface area contributed by atoms with Gasteiger partial charge in [-0.25, -0.2) is 9.36 Å². The Bertz CT molecular complexity index is 743. The lowest BCUT2D eigenvalue weighted by Gasteiger charge is -2.10. The summed E-state index contributed by atoms with van der Waals surface area (Å²) in [5.74, 6) is 0. The fraction of sp³-hybridized carbons (Fsp3) is 0.143. The third-order valence-corrected chi connectivity index (χ3v) is 3.16. The highest BCUT2D eigenvalue weighted by Gasteiger charge is 2.04. The lowest BCUT2D eigenvalue weighted by Crippen LogP contribution is -2.02. The second-order valence-electron chi connectivity index (χ2n) is 4.62. The zero-order chi connectivity index (χ0) is 14.7. The molecule has 2 aromatic heterocycles. The van der Waals surface area contributed by atoms with Crippen LogP contribution in [0.5, 0.6) is 0 Å². The monoisotopic (exact) mass is 281 g/mol. The average Bonchev–Trinajstić information content (AvgIpc) is 3.18. The molecule has 0 unspecified atom stereocenters. The number of anilines is 1. The minimum atomic E-state index is 0.688. The molecule has 0 atom stereocenters. The van der Waals surface area contributed by atoms with Crippen LogP contribution in [0.15, 0.2) is 43.5 Å². The molecule has 3 rings (SSSR count). The van der Waals surface area contributed by atoms with Crippen LogP contribution in [0.25, 0.3) is 11.9 Å². The highest BCUT2D eigenvalue weighted by molar-refractivity contribution is 5.56. The predicted octanol–water partition coefficient (Wildman–Crippen LogP) is 1.88. The van der Waals surface area contributed by atoms with Crippen molar-refractivity contribution < 1.29 is 0 Å². The standard InChI is InChI=1S/C14H15N7/c1-3-20-9-12(8-17-20)7-15-14-6-13(5-4-11(14)2)21-10-16-18-19-21/h3-6,8-10,15H,1,7H2,2H3. The molecule has 1 N–H and O–H groups in total. The van der Waals surface area contributed by atoms with Crippen molar-refractivity contribution in [3.05, 3.63) is 54.6 Å².